The smallest absolute Gasteiger partial charge is 0.256 e. The number of para-hydroxylation sites is 1. The SMILES string of the molecule is O=C1Nc2ccc(S(=O)(=O)N[C@@H](Cc3c[nH]c4ccccc34)C(=O)[O-])c3cccc1c23. The first-order valence-corrected chi connectivity index (χ1v) is 11.0. The molecular formula is C22H16N3O5S-. The predicted molar refractivity (Wildman–Crippen MR) is 113 cm³/mol. The van der Waals surface area contributed by atoms with Crippen molar-refractivity contribution in [2.45, 2.75) is 17.4 Å². The van der Waals surface area contributed by atoms with E-state index in [0.29, 0.717) is 27.6 Å². The highest BCUT2D eigenvalue weighted by Crippen LogP contribution is 2.36. The molecule has 1 aromatic heterocycles. The first-order chi connectivity index (χ1) is 14.8. The van der Waals surface area contributed by atoms with Crippen molar-refractivity contribution in [3.8, 4) is 0 Å². The number of hydrogen-bond acceptors (Lipinski definition) is 5. The van der Waals surface area contributed by atoms with Gasteiger partial charge in [0.2, 0.25) is 10.0 Å². The minimum absolute atomic E-state index is 0.0904. The summed E-state index contributed by atoms with van der Waals surface area (Å²) in [7, 11) is -4.23. The normalized spacial score (nSPS) is 14.1. The molecule has 5 rings (SSSR count). The number of H-pyrrole nitrogens is 1. The number of carboxylic acid groups (broad SMARTS) is 1. The fraction of sp³-hybridized carbons (Fsp3) is 0.0909. The Morgan fingerprint density at radius 3 is 2.61 bits per heavy atom. The Labute approximate surface area is 176 Å². The van der Waals surface area contributed by atoms with Crippen LogP contribution in [0.1, 0.15) is 15.9 Å². The number of hydrogen-bond donors (Lipinski definition) is 3. The molecule has 0 bridgehead atoms. The van der Waals surface area contributed by atoms with Gasteiger partial charge in [-0.15, -0.1) is 0 Å². The maximum absolute atomic E-state index is 13.2. The molecule has 0 saturated carbocycles. The number of carbonyl (C=O) groups is 2. The second kappa shape index (κ2) is 6.93. The number of anilines is 1. The van der Waals surface area contributed by atoms with E-state index in [-0.39, 0.29) is 17.2 Å². The average Bonchev–Trinajstić information content (AvgIpc) is 3.30. The fourth-order valence-corrected chi connectivity index (χ4v) is 5.43. The van der Waals surface area contributed by atoms with E-state index in [1.165, 1.54) is 12.1 Å². The summed E-state index contributed by atoms with van der Waals surface area (Å²) >= 11 is 0. The Kier molecular flexibility index (Phi) is 4.31. The van der Waals surface area contributed by atoms with Crippen LogP contribution in [0.2, 0.25) is 0 Å². The zero-order chi connectivity index (χ0) is 21.8. The standard InChI is InChI=1S/C22H17N3O5S/c26-21-15-6-3-5-14-19(9-8-17(24-21)20(14)15)31(29,30)25-18(22(27)28)10-12-11-23-16-7-2-1-4-13(12)16/h1-9,11,18,23,25H,10H2,(H,24,26)(H,27,28)/p-1/t18-/m0/s1. The van der Waals surface area contributed by atoms with Crippen LogP contribution < -0.4 is 15.1 Å². The Balaban J connectivity index is 1.53. The summed E-state index contributed by atoms with van der Waals surface area (Å²) in [6.07, 6.45) is 1.57. The number of fused-ring (bicyclic) bond motifs is 1. The van der Waals surface area contributed by atoms with Crippen LogP contribution >= 0.6 is 0 Å². The lowest BCUT2D eigenvalue weighted by Crippen LogP contribution is -2.49. The maximum Gasteiger partial charge on any atom is 0.256 e. The van der Waals surface area contributed by atoms with E-state index in [1.807, 2.05) is 24.3 Å². The molecule has 0 spiro atoms. The summed E-state index contributed by atoms with van der Waals surface area (Å²) in [6, 6.07) is 13.5. The molecule has 1 aliphatic heterocycles. The maximum atomic E-state index is 13.2. The minimum atomic E-state index is -4.23. The molecule has 0 unspecified atom stereocenters. The van der Waals surface area contributed by atoms with E-state index in [1.54, 1.807) is 24.4 Å². The topological polar surface area (TPSA) is 131 Å². The van der Waals surface area contributed by atoms with Crippen molar-refractivity contribution < 1.29 is 23.1 Å². The molecular weight excluding hydrogens is 418 g/mol. The third-order valence-corrected chi connectivity index (χ3v) is 6.99. The van der Waals surface area contributed by atoms with Crippen LogP contribution in [0.5, 0.6) is 0 Å². The van der Waals surface area contributed by atoms with Crippen molar-refractivity contribution in [2.75, 3.05) is 5.32 Å². The molecule has 4 aromatic rings. The number of aromatic nitrogens is 1. The van der Waals surface area contributed by atoms with Gasteiger partial charge in [0.15, 0.2) is 0 Å². The van der Waals surface area contributed by atoms with Gasteiger partial charge in [-0.25, -0.2) is 13.1 Å². The van der Waals surface area contributed by atoms with Crippen LogP contribution in [-0.4, -0.2) is 31.3 Å². The molecule has 1 amide bonds. The zero-order valence-electron chi connectivity index (χ0n) is 16.0. The largest absolute Gasteiger partial charge is 0.548 e. The van der Waals surface area contributed by atoms with Crippen molar-refractivity contribution in [2.24, 2.45) is 0 Å². The quantitative estimate of drug-likeness (QED) is 0.424. The van der Waals surface area contributed by atoms with Gasteiger partial charge in [-0.2, -0.15) is 0 Å². The van der Waals surface area contributed by atoms with Gasteiger partial charge < -0.3 is 20.2 Å². The lowest BCUT2D eigenvalue weighted by molar-refractivity contribution is -0.307. The Morgan fingerprint density at radius 1 is 1.03 bits per heavy atom. The number of sulfonamides is 1. The summed E-state index contributed by atoms with van der Waals surface area (Å²) in [6.45, 7) is 0. The molecule has 156 valence electrons. The summed E-state index contributed by atoms with van der Waals surface area (Å²) in [5, 5.41) is 16.1. The van der Waals surface area contributed by atoms with E-state index in [2.05, 4.69) is 15.0 Å². The second-order valence-electron chi connectivity index (χ2n) is 7.35. The Morgan fingerprint density at radius 2 is 1.81 bits per heavy atom. The molecule has 31 heavy (non-hydrogen) atoms. The molecule has 9 heteroatoms. The number of rotatable bonds is 6. The van der Waals surface area contributed by atoms with Crippen molar-refractivity contribution in [3.63, 3.8) is 0 Å². The molecule has 0 aliphatic carbocycles. The van der Waals surface area contributed by atoms with Crippen molar-refractivity contribution >= 4 is 49.3 Å². The Bertz CT molecular complexity index is 1490. The highest BCUT2D eigenvalue weighted by molar-refractivity contribution is 7.89. The predicted octanol–water partition coefficient (Wildman–Crippen LogP) is 1.53. The first kappa shape index (κ1) is 19.3. The number of amides is 1. The number of nitrogens with one attached hydrogen (secondary N) is 3. The van der Waals surface area contributed by atoms with Crippen LogP contribution in [0.4, 0.5) is 5.69 Å². The molecule has 1 atom stereocenters. The van der Waals surface area contributed by atoms with Crippen molar-refractivity contribution in [1.82, 2.24) is 9.71 Å². The van der Waals surface area contributed by atoms with Gasteiger partial charge in [-0.1, -0.05) is 30.3 Å². The molecule has 0 fully saturated rings. The van der Waals surface area contributed by atoms with Gasteiger partial charge in [-0.05, 0) is 36.2 Å². The first-order valence-electron chi connectivity index (χ1n) is 9.50. The molecule has 0 radical (unpaired) electrons. The van der Waals surface area contributed by atoms with Gasteiger partial charge in [0.25, 0.3) is 5.91 Å². The highest BCUT2D eigenvalue weighted by Gasteiger charge is 2.28. The molecule has 8 nitrogen and oxygen atoms in total. The van der Waals surface area contributed by atoms with Crippen LogP contribution in [-0.2, 0) is 21.2 Å². The van der Waals surface area contributed by atoms with Crippen molar-refractivity contribution in [1.29, 1.82) is 0 Å². The number of aliphatic carboxylic acids is 1. The lowest BCUT2D eigenvalue weighted by atomic mass is 10.1. The molecule has 2 heterocycles. The van der Waals surface area contributed by atoms with Crippen molar-refractivity contribution in [3.05, 3.63) is 71.9 Å². The van der Waals surface area contributed by atoms with Crippen LogP contribution in [0.15, 0.2) is 65.7 Å². The molecule has 3 aromatic carbocycles. The fourth-order valence-electron chi connectivity index (χ4n) is 4.04. The zero-order valence-corrected chi connectivity index (χ0v) is 16.8. The van der Waals surface area contributed by atoms with E-state index in [0.717, 1.165) is 10.9 Å². The average molecular weight is 434 g/mol. The van der Waals surface area contributed by atoms with Crippen LogP contribution in [0.25, 0.3) is 21.7 Å². The highest BCUT2D eigenvalue weighted by atomic mass is 32.2. The number of benzene rings is 3. The lowest BCUT2D eigenvalue weighted by Gasteiger charge is -2.20. The van der Waals surface area contributed by atoms with Gasteiger partial charge in [-0.3, -0.25) is 4.79 Å². The number of aromatic amines is 1. The summed E-state index contributed by atoms with van der Waals surface area (Å²) in [4.78, 5) is 26.8. The van der Waals surface area contributed by atoms with E-state index in [9.17, 15) is 23.1 Å². The van der Waals surface area contributed by atoms with Crippen LogP contribution in [0.3, 0.4) is 0 Å². The molecule has 3 N–H and O–H groups in total. The van der Waals surface area contributed by atoms with Gasteiger partial charge >= 0.3 is 0 Å². The van der Waals surface area contributed by atoms with Crippen LogP contribution in [0, 0.1) is 0 Å². The Hall–Kier alpha value is -3.69. The van der Waals surface area contributed by atoms with E-state index in [4.69, 9.17) is 0 Å². The van der Waals surface area contributed by atoms with E-state index >= 15 is 0 Å². The summed E-state index contributed by atoms with van der Waals surface area (Å²) < 4.78 is 28.6. The third-order valence-electron chi connectivity index (χ3n) is 5.46. The molecule has 1 aliphatic rings. The summed E-state index contributed by atoms with van der Waals surface area (Å²) in [5.74, 6) is -1.84. The monoisotopic (exact) mass is 434 g/mol. The number of carbonyl (C=O) groups excluding carboxylic acids is 2. The van der Waals surface area contributed by atoms with Gasteiger partial charge in [0, 0.05) is 39.1 Å². The molecule has 0 saturated heterocycles. The van der Waals surface area contributed by atoms with Gasteiger partial charge in [0.1, 0.15) is 0 Å². The number of carboxylic acids is 1. The van der Waals surface area contributed by atoms with E-state index < -0.39 is 22.0 Å². The minimum Gasteiger partial charge on any atom is -0.548 e. The van der Waals surface area contributed by atoms with Gasteiger partial charge in [0.05, 0.1) is 16.9 Å². The second-order valence-corrected chi connectivity index (χ2v) is 9.03. The third kappa shape index (κ3) is 3.15. The summed E-state index contributed by atoms with van der Waals surface area (Å²) in [5.41, 5.74) is 2.37.